The van der Waals surface area contributed by atoms with Crippen molar-refractivity contribution in [3.8, 4) is 0 Å². The molecule has 1 fully saturated rings. The molecule has 148 valence electrons. The Kier molecular flexibility index (Phi) is 6.34. The summed E-state index contributed by atoms with van der Waals surface area (Å²) >= 11 is 0. The van der Waals surface area contributed by atoms with Crippen molar-refractivity contribution in [2.45, 2.75) is 50.0 Å². The highest BCUT2D eigenvalue weighted by Crippen LogP contribution is 2.31. The van der Waals surface area contributed by atoms with Crippen LogP contribution in [0.25, 0.3) is 0 Å². The number of rotatable bonds is 7. The average molecular weight is 393 g/mol. The second-order valence-corrected chi connectivity index (χ2v) is 9.02. The predicted molar refractivity (Wildman–Crippen MR) is 105 cm³/mol. The number of benzene rings is 1. The second-order valence-electron chi connectivity index (χ2n) is 7.09. The summed E-state index contributed by atoms with van der Waals surface area (Å²) in [5, 5.41) is 0. The van der Waals surface area contributed by atoms with Gasteiger partial charge in [-0.05, 0) is 62.8 Å². The fraction of sp³-hybridized carbons (Fsp3) is 0.550. The molecule has 1 aromatic rings. The van der Waals surface area contributed by atoms with E-state index >= 15 is 0 Å². The number of hydrogen-bond acceptors (Lipinski definition) is 4. The van der Waals surface area contributed by atoms with Gasteiger partial charge in [0.15, 0.2) is 0 Å². The molecule has 6 nitrogen and oxygen atoms in total. The Balaban J connectivity index is 1.80. The fourth-order valence-corrected chi connectivity index (χ4v) is 5.23. The minimum absolute atomic E-state index is 0.0878. The van der Waals surface area contributed by atoms with Gasteiger partial charge in [0.1, 0.15) is 6.10 Å². The molecule has 1 saturated heterocycles. The lowest BCUT2D eigenvalue weighted by atomic mass is 10.0. The maximum atomic E-state index is 12.8. The van der Waals surface area contributed by atoms with E-state index in [4.69, 9.17) is 4.74 Å². The molecular weight excluding hydrogens is 364 g/mol. The molecule has 0 bridgehead atoms. The number of nitrogens with zero attached hydrogens (tertiary/aromatic N) is 2. The lowest BCUT2D eigenvalue weighted by molar-refractivity contribution is -0.129. The Hall–Kier alpha value is -1.70. The molecule has 0 radical (unpaired) electrons. The molecule has 1 unspecified atom stereocenters. The molecule has 0 aromatic heterocycles. The predicted octanol–water partition coefficient (Wildman–Crippen LogP) is 2.73. The third kappa shape index (κ3) is 4.25. The first-order chi connectivity index (χ1) is 12.9. The van der Waals surface area contributed by atoms with Crippen molar-refractivity contribution < 1.29 is 17.9 Å². The molecule has 0 saturated carbocycles. The molecule has 2 heterocycles. The lowest BCUT2D eigenvalue weighted by Gasteiger charge is -2.32. The van der Waals surface area contributed by atoms with Crippen LogP contribution >= 0.6 is 0 Å². The summed E-state index contributed by atoms with van der Waals surface area (Å²) in [5.74, 6) is -0.0878. The molecule has 1 amide bonds. The van der Waals surface area contributed by atoms with E-state index in [-0.39, 0.29) is 5.91 Å². The van der Waals surface area contributed by atoms with Crippen LogP contribution in [-0.4, -0.2) is 51.0 Å². The minimum atomic E-state index is -3.45. The molecule has 0 N–H and O–H groups in total. The van der Waals surface area contributed by atoms with Crippen LogP contribution < -0.4 is 4.90 Å². The van der Waals surface area contributed by atoms with Crippen molar-refractivity contribution in [1.29, 1.82) is 0 Å². The van der Waals surface area contributed by atoms with Gasteiger partial charge in [-0.15, -0.1) is 6.58 Å². The van der Waals surface area contributed by atoms with Crippen LogP contribution in [0.4, 0.5) is 5.69 Å². The summed E-state index contributed by atoms with van der Waals surface area (Å²) < 4.78 is 32.8. The SMILES string of the molecule is C=CCCOC(C)C(=O)N1CCCc2cc(S(=O)(=O)N3CCCC3)ccc21. The monoisotopic (exact) mass is 392 g/mol. The van der Waals surface area contributed by atoms with Crippen LogP contribution in [0.2, 0.25) is 0 Å². The third-order valence-corrected chi connectivity index (χ3v) is 7.07. The van der Waals surface area contributed by atoms with E-state index in [0.29, 0.717) is 37.6 Å². The van der Waals surface area contributed by atoms with E-state index < -0.39 is 16.1 Å². The zero-order valence-electron chi connectivity index (χ0n) is 15.9. The van der Waals surface area contributed by atoms with Gasteiger partial charge in [-0.3, -0.25) is 4.79 Å². The van der Waals surface area contributed by atoms with Crippen molar-refractivity contribution in [2.75, 3.05) is 31.1 Å². The summed E-state index contributed by atoms with van der Waals surface area (Å²) in [4.78, 5) is 14.8. The van der Waals surface area contributed by atoms with Gasteiger partial charge in [0.05, 0.1) is 11.5 Å². The highest BCUT2D eigenvalue weighted by molar-refractivity contribution is 7.89. The van der Waals surface area contributed by atoms with E-state index in [1.807, 2.05) is 0 Å². The van der Waals surface area contributed by atoms with E-state index in [2.05, 4.69) is 6.58 Å². The maximum absolute atomic E-state index is 12.8. The number of aryl methyl sites for hydroxylation is 1. The molecule has 1 aromatic carbocycles. The number of fused-ring (bicyclic) bond motifs is 1. The smallest absolute Gasteiger partial charge is 0.255 e. The molecule has 3 rings (SSSR count). The Morgan fingerprint density at radius 3 is 2.70 bits per heavy atom. The van der Waals surface area contributed by atoms with Gasteiger partial charge in [-0.25, -0.2) is 8.42 Å². The Morgan fingerprint density at radius 2 is 2.00 bits per heavy atom. The summed E-state index contributed by atoms with van der Waals surface area (Å²) in [7, 11) is -3.45. The van der Waals surface area contributed by atoms with Crippen LogP contribution in [0.3, 0.4) is 0 Å². The van der Waals surface area contributed by atoms with Crippen LogP contribution in [0.15, 0.2) is 35.7 Å². The maximum Gasteiger partial charge on any atom is 0.255 e. The van der Waals surface area contributed by atoms with Crippen molar-refractivity contribution >= 4 is 21.6 Å². The van der Waals surface area contributed by atoms with Gasteiger partial charge in [0, 0.05) is 25.3 Å². The number of sulfonamides is 1. The normalized spacial score (nSPS) is 18.9. The highest BCUT2D eigenvalue weighted by atomic mass is 32.2. The third-order valence-electron chi connectivity index (χ3n) is 5.18. The molecule has 2 aliphatic rings. The van der Waals surface area contributed by atoms with Crippen LogP contribution in [-0.2, 0) is 26.0 Å². The highest BCUT2D eigenvalue weighted by Gasteiger charge is 2.31. The van der Waals surface area contributed by atoms with E-state index in [9.17, 15) is 13.2 Å². The zero-order chi connectivity index (χ0) is 19.4. The standard InChI is InChI=1S/C20H28N2O4S/c1-3-4-14-26-16(2)20(23)22-13-7-8-17-15-18(9-10-19(17)22)27(24,25)21-11-5-6-12-21/h3,9-10,15-16H,1,4-8,11-14H2,2H3. The van der Waals surface area contributed by atoms with Crippen molar-refractivity contribution in [1.82, 2.24) is 4.31 Å². The van der Waals surface area contributed by atoms with Crippen molar-refractivity contribution in [2.24, 2.45) is 0 Å². The molecule has 0 aliphatic carbocycles. The van der Waals surface area contributed by atoms with Gasteiger partial charge in [-0.2, -0.15) is 4.31 Å². The largest absolute Gasteiger partial charge is 0.368 e. The van der Waals surface area contributed by atoms with Gasteiger partial charge in [0.25, 0.3) is 5.91 Å². The van der Waals surface area contributed by atoms with E-state index in [1.54, 1.807) is 40.4 Å². The molecule has 2 aliphatic heterocycles. The quantitative estimate of drug-likeness (QED) is 0.529. The van der Waals surface area contributed by atoms with Gasteiger partial charge < -0.3 is 9.64 Å². The number of amides is 1. The van der Waals surface area contributed by atoms with Crippen LogP contribution in [0, 0.1) is 0 Å². The zero-order valence-corrected chi connectivity index (χ0v) is 16.7. The van der Waals surface area contributed by atoms with Gasteiger partial charge in [0.2, 0.25) is 10.0 Å². The number of anilines is 1. The molecule has 7 heteroatoms. The summed E-state index contributed by atoms with van der Waals surface area (Å²) in [6.45, 7) is 7.67. The number of hydrogen-bond donors (Lipinski definition) is 0. The summed E-state index contributed by atoms with van der Waals surface area (Å²) in [6.07, 6.45) is 5.33. The topological polar surface area (TPSA) is 66.9 Å². The van der Waals surface area contributed by atoms with Crippen molar-refractivity contribution in [3.63, 3.8) is 0 Å². The van der Waals surface area contributed by atoms with Crippen LogP contribution in [0.1, 0.15) is 38.2 Å². The Bertz CT molecular complexity index is 800. The first-order valence-corrected chi connectivity index (χ1v) is 11.1. The van der Waals surface area contributed by atoms with E-state index in [0.717, 1.165) is 36.9 Å². The molecule has 27 heavy (non-hydrogen) atoms. The number of ether oxygens (including phenoxy) is 1. The first-order valence-electron chi connectivity index (χ1n) is 9.62. The summed E-state index contributed by atoms with van der Waals surface area (Å²) in [6, 6.07) is 5.14. The summed E-state index contributed by atoms with van der Waals surface area (Å²) in [5.41, 5.74) is 1.71. The molecule has 1 atom stereocenters. The minimum Gasteiger partial charge on any atom is -0.368 e. The van der Waals surface area contributed by atoms with Gasteiger partial charge >= 0.3 is 0 Å². The average Bonchev–Trinajstić information content (AvgIpc) is 3.22. The number of carbonyl (C=O) groups is 1. The fourth-order valence-electron chi connectivity index (χ4n) is 3.66. The Morgan fingerprint density at radius 1 is 1.26 bits per heavy atom. The lowest BCUT2D eigenvalue weighted by Crippen LogP contribution is -2.42. The molecular formula is C20H28N2O4S. The van der Waals surface area contributed by atoms with Crippen molar-refractivity contribution in [3.05, 3.63) is 36.4 Å². The van der Waals surface area contributed by atoms with Crippen LogP contribution in [0.5, 0.6) is 0 Å². The van der Waals surface area contributed by atoms with E-state index in [1.165, 1.54) is 0 Å². The first kappa shape index (κ1) is 20.0. The van der Waals surface area contributed by atoms with Gasteiger partial charge in [-0.1, -0.05) is 6.08 Å². The Labute approximate surface area is 161 Å². The second kappa shape index (κ2) is 8.54. The molecule has 0 spiro atoms. The number of carbonyl (C=O) groups excluding carboxylic acids is 1.